The lowest BCUT2D eigenvalue weighted by Crippen LogP contribution is -2.50. The Labute approximate surface area is 244 Å². The van der Waals surface area contributed by atoms with Crippen molar-refractivity contribution in [2.75, 3.05) is 18.0 Å². The summed E-state index contributed by atoms with van der Waals surface area (Å²) >= 11 is 0. The van der Waals surface area contributed by atoms with Crippen molar-refractivity contribution in [1.82, 2.24) is 0 Å². The molecule has 4 atom stereocenters. The van der Waals surface area contributed by atoms with E-state index in [9.17, 15) is 23.1 Å². The maximum atomic E-state index is 14.5. The molecule has 0 aromatic heterocycles. The number of rotatable bonds is 7. The molecule has 10 nitrogen and oxygen atoms in total. The first-order chi connectivity index (χ1) is 20.1. The number of ether oxygens (including phenoxy) is 4. The number of nitrogens with zero attached hydrogens (tertiary/aromatic N) is 1. The molecule has 0 spiro atoms. The summed E-state index contributed by atoms with van der Waals surface area (Å²) in [5, 5.41) is 11.4. The zero-order valence-electron chi connectivity index (χ0n) is 23.5. The van der Waals surface area contributed by atoms with Crippen molar-refractivity contribution in [2.45, 2.75) is 43.9 Å². The molecule has 0 amide bonds. The van der Waals surface area contributed by atoms with Gasteiger partial charge in [0, 0.05) is 12.8 Å². The Balaban J connectivity index is 1.77. The molecule has 11 heteroatoms. The van der Waals surface area contributed by atoms with Crippen LogP contribution in [0.15, 0.2) is 83.5 Å². The summed E-state index contributed by atoms with van der Waals surface area (Å²) in [7, 11) is -2.82. The van der Waals surface area contributed by atoms with Crippen LogP contribution in [0.5, 0.6) is 11.5 Å². The van der Waals surface area contributed by atoms with Crippen molar-refractivity contribution in [3.8, 4) is 11.5 Å². The van der Waals surface area contributed by atoms with E-state index in [1.54, 1.807) is 61.5 Å². The normalized spacial score (nSPS) is 21.3. The van der Waals surface area contributed by atoms with Gasteiger partial charge in [0.05, 0.1) is 36.3 Å². The standard InChI is InChI=1S/C31H31NO9S/c1-5-39-30(34)27-17-23-22-8-6-7-9-24(22)32(42(36,37)21-13-10-18(2)11-14-21)29(28(23)31(35)41-27)20-12-15-25(40-19(3)33)26(16-20)38-4/h6-17,23,28-29,31,35H,5H2,1-4H3/t23-,28+,29-,31+/m1/s1. The number of para-hydroxylation sites is 1. The number of esters is 2. The number of hydrogen-bond donors (Lipinski definition) is 1. The topological polar surface area (TPSA) is 129 Å². The largest absolute Gasteiger partial charge is 0.493 e. The fourth-order valence-corrected chi connectivity index (χ4v) is 7.20. The Hall–Kier alpha value is -4.35. The van der Waals surface area contributed by atoms with Crippen LogP contribution < -0.4 is 13.8 Å². The smallest absolute Gasteiger partial charge is 0.373 e. The van der Waals surface area contributed by atoms with Crippen molar-refractivity contribution in [3.63, 3.8) is 0 Å². The summed E-state index contributed by atoms with van der Waals surface area (Å²) in [6.45, 7) is 4.89. The van der Waals surface area contributed by atoms with E-state index in [0.717, 1.165) is 5.56 Å². The number of carbonyl (C=O) groups is 2. The van der Waals surface area contributed by atoms with Gasteiger partial charge in [-0.25, -0.2) is 13.2 Å². The van der Waals surface area contributed by atoms with Crippen LogP contribution in [0.4, 0.5) is 5.69 Å². The van der Waals surface area contributed by atoms with Gasteiger partial charge in [0.1, 0.15) is 0 Å². The molecule has 0 radical (unpaired) electrons. The Kier molecular flexibility index (Phi) is 7.98. The zero-order chi connectivity index (χ0) is 30.2. The molecular formula is C31H31NO9S. The van der Waals surface area contributed by atoms with Gasteiger partial charge >= 0.3 is 11.9 Å². The van der Waals surface area contributed by atoms with E-state index in [2.05, 4.69) is 0 Å². The summed E-state index contributed by atoms with van der Waals surface area (Å²) < 4.78 is 51.8. The van der Waals surface area contributed by atoms with Crippen LogP contribution >= 0.6 is 0 Å². The third kappa shape index (κ3) is 5.21. The summed E-state index contributed by atoms with van der Waals surface area (Å²) in [5.41, 5.74) is 2.30. The predicted octanol–water partition coefficient (Wildman–Crippen LogP) is 4.37. The molecule has 0 saturated heterocycles. The number of allylic oxidation sites excluding steroid dienone is 1. The summed E-state index contributed by atoms with van der Waals surface area (Å²) in [5.74, 6) is -2.62. The zero-order valence-corrected chi connectivity index (χ0v) is 24.3. The molecule has 0 saturated carbocycles. The molecule has 3 aromatic rings. The highest BCUT2D eigenvalue weighted by atomic mass is 32.2. The van der Waals surface area contributed by atoms with Gasteiger partial charge in [-0.05, 0) is 61.4 Å². The lowest BCUT2D eigenvalue weighted by Gasteiger charge is -2.48. The maximum absolute atomic E-state index is 14.5. The highest BCUT2D eigenvalue weighted by Gasteiger charge is 2.52. The van der Waals surface area contributed by atoms with Crippen molar-refractivity contribution < 1.29 is 42.1 Å². The van der Waals surface area contributed by atoms with Gasteiger partial charge in [-0.3, -0.25) is 9.10 Å². The average molecular weight is 594 g/mol. The van der Waals surface area contributed by atoms with Crippen LogP contribution in [0.1, 0.15) is 42.5 Å². The molecule has 1 N–H and O–H groups in total. The van der Waals surface area contributed by atoms with Crippen LogP contribution in [0.2, 0.25) is 0 Å². The number of fused-ring (bicyclic) bond motifs is 3. The summed E-state index contributed by atoms with van der Waals surface area (Å²) in [6.07, 6.45) is -0.0192. The van der Waals surface area contributed by atoms with Crippen LogP contribution in [-0.2, 0) is 29.1 Å². The summed E-state index contributed by atoms with van der Waals surface area (Å²) in [6, 6.07) is 17.1. The first-order valence-corrected chi connectivity index (χ1v) is 14.8. The third-order valence-electron chi connectivity index (χ3n) is 7.31. The van der Waals surface area contributed by atoms with Crippen molar-refractivity contribution in [1.29, 1.82) is 0 Å². The van der Waals surface area contributed by atoms with Crippen molar-refractivity contribution in [3.05, 3.63) is 95.3 Å². The Morgan fingerprint density at radius 2 is 1.74 bits per heavy atom. The monoisotopic (exact) mass is 593 g/mol. The molecule has 2 heterocycles. The van der Waals surface area contributed by atoms with Crippen LogP contribution in [0, 0.1) is 12.8 Å². The van der Waals surface area contributed by atoms with Gasteiger partial charge < -0.3 is 24.1 Å². The van der Waals surface area contributed by atoms with Gasteiger partial charge in [-0.1, -0.05) is 42.0 Å². The number of carbonyl (C=O) groups excluding carboxylic acids is 2. The SMILES string of the molecule is CCOC(=O)C1=C[C@@H]2c3ccccc3N(S(=O)(=O)c3ccc(C)cc3)[C@H](c3ccc(OC(C)=O)c(OC)c3)[C@H]2[C@@H](O)O1. The maximum Gasteiger partial charge on any atom is 0.373 e. The van der Waals surface area contributed by atoms with E-state index < -0.39 is 46.1 Å². The second-order valence-corrected chi connectivity index (χ2v) is 11.8. The molecule has 3 aromatic carbocycles. The molecule has 0 bridgehead atoms. The van der Waals surface area contributed by atoms with Crippen LogP contribution in [0.3, 0.4) is 0 Å². The van der Waals surface area contributed by atoms with Crippen LogP contribution in [0.25, 0.3) is 0 Å². The molecule has 220 valence electrons. The molecule has 0 unspecified atom stereocenters. The van der Waals surface area contributed by atoms with E-state index in [1.807, 2.05) is 6.92 Å². The number of anilines is 1. The minimum absolute atomic E-state index is 0.0591. The Morgan fingerprint density at radius 1 is 1.02 bits per heavy atom. The van der Waals surface area contributed by atoms with Crippen molar-refractivity contribution in [2.24, 2.45) is 5.92 Å². The van der Waals surface area contributed by atoms with E-state index in [4.69, 9.17) is 18.9 Å². The van der Waals surface area contributed by atoms with E-state index in [1.165, 1.54) is 36.5 Å². The predicted molar refractivity (Wildman–Crippen MR) is 152 cm³/mol. The van der Waals surface area contributed by atoms with E-state index in [0.29, 0.717) is 16.8 Å². The molecule has 42 heavy (non-hydrogen) atoms. The van der Waals surface area contributed by atoms with Gasteiger partial charge in [-0.15, -0.1) is 0 Å². The number of methoxy groups -OCH3 is 1. The number of aliphatic hydroxyl groups is 1. The minimum Gasteiger partial charge on any atom is -0.493 e. The fourth-order valence-electron chi connectivity index (χ4n) is 5.51. The minimum atomic E-state index is -4.22. The number of aryl methyl sites for hydroxylation is 1. The molecule has 0 aliphatic carbocycles. The van der Waals surface area contributed by atoms with Gasteiger partial charge in [0.25, 0.3) is 10.0 Å². The number of benzene rings is 3. The number of aliphatic hydroxyl groups excluding tert-OH is 1. The lowest BCUT2D eigenvalue weighted by molar-refractivity contribution is -0.161. The van der Waals surface area contributed by atoms with Crippen LogP contribution in [-0.4, -0.2) is 45.5 Å². The highest BCUT2D eigenvalue weighted by Crippen LogP contribution is 2.55. The van der Waals surface area contributed by atoms with Crippen molar-refractivity contribution >= 4 is 27.6 Å². The highest BCUT2D eigenvalue weighted by molar-refractivity contribution is 7.92. The number of hydrogen-bond acceptors (Lipinski definition) is 9. The Bertz CT molecular complexity index is 1650. The lowest BCUT2D eigenvalue weighted by atomic mass is 9.73. The van der Waals surface area contributed by atoms with E-state index in [-0.39, 0.29) is 28.8 Å². The average Bonchev–Trinajstić information content (AvgIpc) is 2.96. The fraction of sp³-hybridized carbons (Fsp3) is 0.290. The van der Waals surface area contributed by atoms with Gasteiger partial charge in [0.2, 0.25) is 12.0 Å². The molecule has 2 aliphatic rings. The molecule has 5 rings (SSSR count). The Morgan fingerprint density at radius 3 is 2.40 bits per heavy atom. The first kappa shape index (κ1) is 29.2. The second-order valence-electron chi connectivity index (χ2n) is 9.98. The van der Waals surface area contributed by atoms with E-state index >= 15 is 0 Å². The third-order valence-corrected chi connectivity index (χ3v) is 9.12. The molecule has 2 aliphatic heterocycles. The number of sulfonamides is 1. The van der Waals surface area contributed by atoms with Gasteiger partial charge in [0.15, 0.2) is 11.5 Å². The first-order valence-electron chi connectivity index (χ1n) is 13.4. The molecule has 0 fully saturated rings. The summed E-state index contributed by atoms with van der Waals surface area (Å²) in [4.78, 5) is 24.4. The quantitative estimate of drug-likeness (QED) is 0.314. The molecular weight excluding hydrogens is 562 g/mol. The van der Waals surface area contributed by atoms with Gasteiger partial charge in [-0.2, -0.15) is 0 Å². The second kappa shape index (κ2) is 11.5.